The van der Waals surface area contributed by atoms with E-state index in [4.69, 9.17) is 10.5 Å². The second-order valence-corrected chi connectivity index (χ2v) is 6.80. The third-order valence-corrected chi connectivity index (χ3v) is 5.31. The minimum Gasteiger partial charge on any atom is -0.492 e. The number of carbonyl (C=O) groups is 1. The Kier molecular flexibility index (Phi) is 4.98. The van der Waals surface area contributed by atoms with E-state index in [-0.39, 0.29) is 5.91 Å². The number of hydrogen-bond donors (Lipinski definition) is 1. The van der Waals surface area contributed by atoms with E-state index in [1.165, 1.54) is 11.3 Å². The van der Waals surface area contributed by atoms with Gasteiger partial charge in [-0.05, 0) is 37.4 Å². The minimum absolute atomic E-state index is 0.0663. The molecule has 0 bridgehead atoms. The van der Waals surface area contributed by atoms with Gasteiger partial charge in [-0.2, -0.15) is 0 Å². The summed E-state index contributed by atoms with van der Waals surface area (Å²) in [5.74, 6) is 1.18. The molecule has 2 aromatic rings. The highest BCUT2D eigenvalue weighted by Crippen LogP contribution is 2.37. The molecule has 1 aromatic carbocycles. The summed E-state index contributed by atoms with van der Waals surface area (Å²) >= 11 is 1.51. The molecule has 0 radical (unpaired) electrons. The number of nitrogens with two attached hydrogens (primary N) is 1. The zero-order valence-electron chi connectivity index (χ0n) is 13.3. The average Bonchev–Trinajstić information content (AvgIpc) is 3.22. The van der Waals surface area contributed by atoms with Gasteiger partial charge in [-0.3, -0.25) is 4.79 Å². The van der Waals surface area contributed by atoms with Gasteiger partial charge in [0, 0.05) is 18.0 Å². The predicted molar refractivity (Wildman–Crippen MR) is 94.0 cm³/mol. The van der Waals surface area contributed by atoms with Crippen LogP contribution in [-0.2, 0) is 0 Å². The van der Waals surface area contributed by atoms with Crippen molar-refractivity contribution in [2.75, 3.05) is 26.2 Å². The Bertz CT molecular complexity index is 669. The van der Waals surface area contributed by atoms with E-state index in [0.717, 1.165) is 30.0 Å². The molecule has 1 amide bonds. The topological polar surface area (TPSA) is 55.6 Å². The minimum atomic E-state index is 0.0663. The van der Waals surface area contributed by atoms with Gasteiger partial charge in [0.2, 0.25) is 0 Å². The van der Waals surface area contributed by atoms with Crippen molar-refractivity contribution in [3.63, 3.8) is 0 Å². The van der Waals surface area contributed by atoms with Gasteiger partial charge in [-0.15, -0.1) is 11.3 Å². The van der Waals surface area contributed by atoms with Gasteiger partial charge in [0.05, 0.1) is 6.61 Å². The molecule has 4 nitrogen and oxygen atoms in total. The molecule has 1 aliphatic heterocycles. The molecule has 3 rings (SSSR count). The van der Waals surface area contributed by atoms with Crippen LogP contribution in [0.4, 0.5) is 0 Å². The van der Waals surface area contributed by atoms with Gasteiger partial charge in [-0.1, -0.05) is 30.3 Å². The van der Waals surface area contributed by atoms with Crippen molar-refractivity contribution in [2.24, 2.45) is 11.7 Å². The number of thiophene rings is 1. The molecule has 0 aliphatic carbocycles. The lowest BCUT2D eigenvalue weighted by Crippen LogP contribution is -2.29. The van der Waals surface area contributed by atoms with Crippen LogP contribution in [0.2, 0.25) is 0 Å². The Morgan fingerprint density at radius 1 is 1.39 bits per heavy atom. The van der Waals surface area contributed by atoms with E-state index >= 15 is 0 Å². The van der Waals surface area contributed by atoms with Crippen LogP contribution in [0.5, 0.6) is 5.75 Å². The number of amides is 1. The lowest BCUT2D eigenvalue weighted by molar-refractivity contribution is 0.0788. The summed E-state index contributed by atoms with van der Waals surface area (Å²) in [5, 5.41) is 0. The number of nitrogens with zero attached hydrogens (tertiary/aromatic N) is 1. The first-order chi connectivity index (χ1) is 11.2. The zero-order valence-corrected chi connectivity index (χ0v) is 14.1. The van der Waals surface area contributed by atoms with Crippen molar-refractivity contribution < 1.29 is 9.53 Å². The van der Waals surface area contributed by atoms with E-state index in [0.29, 0.717) is 29.7 Å². The molecule has 2 N–H and O–H groups in total. The lowest BCUT2D eigenvalue weighted by Gasteiger charge is -2.16. The molecule has 23 heavy (non-hydrogen) atoms. The Labute approximate surface area is 140 Å². The van der Waals surface area contributed by atoms with Crippen molar-refractivity contribution in [1.82, 2.24) is 4.90 Å². The summed E-state index contributed by atoms with van der Waals surface area (Å²) in [6, 6.07) is 12.1. The van der Waals surface area contributed by atoms with Crippen LogP contribution in [-0.4, -0.2) is 37.0 Å². The summed E-state index contributed by atoms with van der Waals surface area (Å²) < 4.78 is 5.71. The van der Waals surface area contributed by atoms with E-state index in [9.17, 15) is 4.79 Å². The van der Waals surface area contributed by atoms with Crippen LogP contribution < -0.4 is 10.5 Å². The SMILES string of the molecule is CCOc1cc(-c2ccccc2)sc1C(=O)N1CCC(CN)C1. The van der Waals surface area contributed by atoms with Crippen LogP contribution in [0, 0.1) is 5.92 Å². The molecular weight excluding hydrogens is 308 g/mol. The first kappa shape index (κ1) is 16.0. The average molecular weight is 330 g/mol. The summed E-state index contributed by atoms with van der Waals surface area (Å²) in [6.45, 7) is 4.66. The van der Waals surface area contributed by atoms with Gasteiger partial charge in [0.15, 0.2) is 0 Å². The Morgan fingerprint density at radius 3 is 2.83 bits per heavy atom. The molecule has 0 saturated carbocycles. The van der Waals surface area contributed by atoms with E-state index < -0.39 is 0 Å². The van der Waals surface area contributed by atoms with Crippen LogP contribution in [0.15, 0.2) is 36.4 Å². The summed E-state index contributed by atoms with van der Waals surface area (Å²) in [5.41, 5.74) is 6.84. The number of ether oxygens (including phenoxy) is 1. The molecule has 0 spiro atoms. The maximum atomic E-state index is 12.9. The van der Waals surface area contributed by atoms with E-state index in [1.807, 2.05) is 36.1 Å². The Balaban J connectivity index is 1.88. The predicted octanol–water partition coefficient (Wildman–Crippen LogP) is 3.23. The first-order valence-electron chi connectivity index (χ1n) is 8.04. The highest BCUT2D eigenvalue weighted by atomic mass is 32.1. The molecule has 1 fully saturated rings. The highest BCUT2D eigenvalue weighted by Gasteiger charge is 2.29. The standard InChI is InChI=1S/C18H22N2O2S/c1-2-22-15-10-16(14-6-4-3-5-7-14)23-17(15)18(21)20-9-8-13(11-19)12-20/h3-7,10,13H,2,8-9,11-12,19H2,1H3. The molecule has 1 atom stereocenters. The van der Waals surface area contributed by atoms with Crippen LogP contribution in [0.25, 0.3) is 10.4 Å². The molecule has 1 unspecified atom stereocenters. The van der Waals surface area contributed by atoms with Crippen molar-refractivity contribution in [1.29, 1.82) is 0 Å². The molecule has 1 saturated heterocycles. The second kappa shape index (κ2) is 7.15. The monoisotopic (exact) mass is 330 g/mol. The lowest BCUT2D eigenvalue weighted by atomic mass is 10.1. The maximum absolute atomic E-state index is 12.9. The van der Waals surface area contributed by atoms with Crippen LogP contribution in [0.3, 0.4) is 0 Å². The second-order valence-electron chi connectivity index (χ2n) is 5.74. The van der Waals surface area contributed by atoms with Crippen molar-refractivity contribution >= 4 is 17.2 Å². The molecular formula is C18H22N2O2S. The van der Waals surface area contributed by atoms with Gasteiger partial charge in [0.25, 0.3) is 5.91 Å². The smallest absolute Gasteiger partial charge is 0.267 e. The van der Waals surface area contributed by atoms with Crippen LogP contribution in [0.1, 0.15) is 23.0 Å². The van der Waals surface area contributed by atoms with Crippen molar-refractivity contribution in [2.45, 2.75) is 13.3 Å². The zero-order chi connectivity index (χ0) is 16.2. The summed E-state index contributed by atoms with van der Waals surface area (Å²) in [7, 11) is 0. The fourth-order valence-corrected chi connectivity index (χ4v) is 3.96. The number of benzene rings is 1. The van der Waals surface area contributed by atoms with Gasteiger partial charge in [0.1, 0.15) is 10.6 Å². The van der Waals surface area contributed by atoms with Gasteiger partial charge < -0.3 is 15.4 Å². The molecule has 5 heteroatoms. The number of hydrogen-bond acceptors (Lipinski definition) is 4. The Morgan fingerprint density at radius 2 is 2.17 bits per heavy atom. The van der Waals surface area contributed by atoms with Gasteiger partial charge in [-0.25, -0.2) is 0 Å². The van der Waals surface area contributed by atoms with E-state index in [1.54, 1.807) is 0 Å². The molecule has 1 aromatic heterocycles. The molecule has 1 aliphatic rings. The maximum Gasteiger partial charge on any atom is 0.267 e. The number of likely N-dealkylation sites (tertiary alicyclic amines) is 1. The third-order valence-electron chi connectivity index (χ3n) is 4.16. The molecule has 2 heterocycles. The first-order valence-corrected chi connectivity index (χ1v) is 8.86. The fourth-order valence-electron chi connectivity index (χ4n) is 2.88. The third kappa shape index (κ3) is 3.41. The summed E-state index contributed by atoms with van der Waals surface area (Å²) in [4.78, 5) is 16.5. The molecule has 122 valence electrons. The normalized spacial score (nSPS) is 17.5. The van der Waals surface area contributed by atoms with Crippen molar-refractivity contribution in [3.8, 4) is 16.2 Å². The van der Waals surface area contributed by atoms with Crippen LogP contribution >= 0.6 is 11.3 Å². The van der Waals surface area contributed by atoms with E-state index in [2.05, 4.69) is 12.1 Å². The summed E-state index contributed by atoms with van der Waals surface area (Å²) in [6.07, 6.45) is 0.989. The fraction of sp³-hybridized carbons (Fsp3) is 0.389. The van der Waals surface area contributed by atoms with Crippen molar-refractivity contribution in [3.05, 3.63) is 41.3 Å². The highest BCUT2D eigenvalue weighted by molar-refractivity contribution is 7.17. The number of rotatable bonds is 5. The largest absolute Gasteiger partial charge is 0.492 e. The van der Waals surface area contributed by atoms with Gasteiger partial charge >= 0.3 is 0 Å². The quantitative estimate of drug-likeness (QED) is 0.916. The Hall–Kier alpha value is -1.85. The number of carbonyl (C=O) groups excluding carboxylic acids is 1.